The van der Waals surface area contributed by atoms with E-state index in [9.17, 15) is 19.6 Å². The number of carbonyl (C=O) groups is 3. The summed E-state index contributed by atoms with van der Waals surface area (Å²) in [6.07, 6.45) is 3.79. The van der Waals surface area contributed by atoms with E-state index in [1.54, 1.807) is 18.1 Å². The van der Waals surface area contributed by atoms with E-state index in [-0.39, 0.29) is 46.8 Å². The van der Waals surface area contributed by atoms with Gasteiger partial charge in [-0.15, -0.1) is 0 Å². The second kappa shape index (κ2) is 15.3. The smallest absolute Gasteiger partial charge is 0.326 e. The predicted octanol–water partition coefficient (Wildman–Crippen LogP) is 4.15. The van der Waals surface area contributed by atoms with Gasteiger partial charge in [-0.25, -0.2) is 4.79 Å². The lowest BCUT2D eigenvalue weighted by Gasteiger charge is -2.46. The summed E-state index contributed by atoms with van der Waals surface area (Å²) in [5.41, 5.74) is 1.85. The zero-order valence-corrected chi connectivity index (χ0v) is 29.8. The molecule has 0 aromatic heterocycles. The Morgan fingerprint density at radius 1 is 1.16 bits per heavy atom. The normalized spacial score (nSPS) is 23.6. The van der Waals surface area contributed by atoms with Crippen LogP contribution in [0.4, 0.5) is 10.5 Å². The molecule has 0 aliphatic carbocycles. The first-order valence-corrected chi connectivity index (χ1v) is 18.0. The van der Waals surface area contributed by atoms with Crippen molar-refractivity contribution in [2.45, 2.75) is 63.0 Å². The fourth-order valence-electron chi connectivity index (χ4n) is 7.22. The second-order valence-corrected chi connectivity index (χ2v) is 14.8. The number of thioether (sulfide) groups is 1. The van der Waals surface area contributed by atoms with Crippen LogP contribution in [0, 0.1) is 24.2 Å². The van der Waals surface area contributed by atoms with Crippen molar-refractivity contribution >= 4 is 35.3 Å². The van der Waals surface area contributed by atoms with Crippen LogP contribution in [-0.2, 0) is 14.3 Å². The highest BCUT2D eigenvalue weighted by Gasteiger charge is 2.52. The topological polar surface area (TPSA) is 148 Å². The summed E-state index contributed by atoms with van der Waals surface area (Å²) >= 11 is 1.45. The van der Waals surface area contributed by atoms with Crippen molar-refractivity contribution in [3.63, 3.8) is 0 Å². The van der Waals surface area contributed by atoms with Crippen molar-refractivity contribution in [3.8, 4) is 17.6 Å². The molecule has 0 spiro atoms. The van der Waals surface area contributed by atoms with E-state index < -0.39 is 5.54 Å². The van der Waals surface area contributed by atoms with Crippen molar-refractivity contribution in [3.05, 3.63) is 76.3 Å². The van der Waals surface area contributed by atoms with Crippen molar-refractivity contribution in [2.24, 2.45) is 5.92 Å². The fourth-order valence-corrected chi connectivity index (χ4v) is 8.62. The Balaban J connectivity index is 1.14. The molecule has 264 valence electrons. The number of ether oxygens (including phenoxy) is 2. The molecule has 0 saturated carbocycles. The number of hydrogen-bond donors (Lipinski definition) is 4. The summed E-state index contributed by atoms with van der Waals surface area (Å²) in [6.45, 7) is 8.38. The zero-order chi connectivity index (χ0) is 35.4. The molecule has 2 aromatic rings. The summed E-state index contributed by atoms with van der Waals surface area (Å²) in [5.74, 6) is 0.725. The Hall–Kier alpha value is -4.35. The number of carbonyl (C=O) groups excluding carboxylic acids is 3. The third-order valence-corrected chi connectivity index (χ3v) is 10.9. The van der Waals surface area contributed by atoms with Crippen molar-refractivity contribution < 1.29 is 23.9 Å². The predicted molar refractivity (Wildman–Crippen MR) is 192 cm³/mol. The molecule has 0 bridgehead atoms. The summed E-state index contributed by atoms with van der Waals surface area (Å²) < 4.78 is 11.1. The van der Waals surface area contributed by atoms with Gasteiger partial charge in [-0.3, -0.25) is 14.5 Å². The summed E-state index contributed by atoms with van der Waals surface area (Å²) in [4.78, 5) is 45.1. The molecule has 4 heterocycles. The molecule has 4 aliphatic rings. The minimum atomic E-state index is -0.585. The minimum absolute atomic E-state index is 0.0624. The molecule has 3 fully saturated rings. The number of hydrogen-bond acceptors (Lipinski definition) is 9. The number of nitrogens with zero attached hydrogens (tertiary/aromatic N) is 3. The number of nitrogens with one attached hydrogen (secondary N) is 4. The molecular formula is C37H45N7O5S. The molecule has 2 aromatic carbocycles. The van der Waals surface area contributed by atoms with E-state index in [1.165, 1.54) is 11.8 Å². The maximum atomic E-state index is 13.9. The Morgan fingerprint density at radius 3 is 2.70 bits per heavy atom. The van der Waals surface area contributed by atoms with Gasteiger partial charge in [0.2, 0.25) is 0 Å². The summed E-state index contributed by atoms with van der Waals surface area (Å²) in [7, 11) is 1.62. The third kappa shape index (κ3) is 7.68. The first-order valence-electron chi connectivity index (χ1n) is 17.1. The van der Waals surface area contributed by atoms with Gasteiger partial charge in [0.25, 0.3) is 11.8 Å². The first kappa shape index (κ1) is 35.5. The number of piperidine rings is 2. The van der Waals surface area contributed by atoms with Gasteiger partial charge in [-0.1, -0.05) is 30.0 Å². The minimum Gasteiger partial charge on any atom is -0.457 e. The monoisotopic (exact) mass is 699 g/mol. The van der Waals surface area contributed by atoms with E-state index in [4.69, 9.17) is 9.47 Å². The highest BCUT2D eigenvalue weighted by molar-refractivity contribution is 8.04. The van der Waals surface area contributed by atoms with Crippen molar-refractivity contribution in [1.82, 2.24) is 26.2 Å². The van der Waals surface area contributed by atoms with E-state index in [2.05, 4.69) is 27.3 Å². The molecule has 6 rings (SSSR count). The van der Waals surface area contributed by atoms with Gasteiger partial charge < -0.3 is 35.6 Å². The molecule has 50 heavy (non-hydrogen) atoms. The molecule has 13 heteroatoms. The SMILES string of the molecule is COCCNC(C)(C)/C=C(\C#N)C(=O)N1CCC[C@@H](NC(=O)C2=C3NC(=O)N(c4ccc(Oc5ccccc5)cc4C)C4CCNC(S2)C34)C1. The Bertz CT molecular complexity index is 1720. The quantitative estimate of drug-likeness (QED) is 0.154. The zero-order valence-electron chi connectivity index (χ0n) is 29.0. The van der Waals surface area contributed by atoms with Crippen LogP contribution in [0.3, 0.4) is 0 Å². The fraction of sp³-hybridized carbons (Fsp3) is 0.459. The van der Waals surface area contributed by atoms with Gasteiger partial charge in [-0.2, -0.15) is 5.26 Å². The average molecular weight is 700 g/mol. The van der Waals surface area contributed by atoms with Gasteiger partial charge >= 0.3 is 6.03 Å². The van der Waals surface area contributed by atoms with Crippen LogP contribution in [-0.4, -0.2) is 85.6 Å². The number of aryl methyl sites for hydroxylation is 1. The molecule has 3 saturated heterocycles. The number of nitriles is 1. The van der Waals surface area contributed by atoms with Gasteiger partial charge in [-0.05, 0) is 88.5 Å². The average Bonchev–Trinajstić information content (AvgIpc) is 3.47. The maximum Gasteiger partial charge on any atom is 0.326 e. The molecular weight excluding hydrogens is 655 g/mol. The van der Waals surface area contributed by atoms with Crippen LogP contribution >= 0.6 is 11.8 Å². The number of amides is 4. The van der Waals surface area contributed by atoms with Gasteiger partial charge in [0.05, 0.1) is 22.9 Å². The highest BCUT2D eigenvalue weighted by atomic mass is 32.2. The lowest BCUT2D eigenvalue weighted by molar-refractivity contribution is -0.129. The van der Waals surface area contributed by atoms with Crippen molar-refractivity contribution in [1.29, 1.82) is 5.26 Å². The number of anilines is 1. The standard InChI is InChI=1S/C37H45N7O5S/c1-23-19-27(49-26-10-6-5-7-11-26)12-13-28(23)44-29-14-15-39-34-30(29)31(42-36(44)47)32(50-34)33(45)41-25-9-8-17-43(22-25)35(46)24(21-38)20-37(2,3)40-16-18-48-4/h5-7,10-13,19-20,25,29-30,34,39-40H,8-9,14-18,22H2,1-4H3,(H,41,45)(H,42,47)/b24-20+/t25-,29?,30?,34?/m1/s1. The Morgan fingerprint density at radius 2 is 1.96 bits per heavy atom. The number of methoxy groups -OCH3 is 1. The van der Waals surface area contributed by atoms with Gasteiger partial charge in [0.15, 0.2) is 0 Å². The molecule has 0 radical (unpaired) electrons. The largest absolute Gasteiger partial charge is 0.457 e. The van der Waals surface area contributed by atoms with Gasteiger partial charge in [0.1, 0.15) is 23.1 Å². The van der Waals surface area contributed by atoms with E-state index in [0.717, 1.165) is 23.4 Å². The van der Waals surface area contributed by atoms with Crippen LogP contribution in [0.15, 0.2) is 70.8 Å². The van der Waals surface area contributed by atoms with Crippen LogP contribution in [0.25, 0.3) is 0 Å². The lowest BCUT2D eigenvalue weighted by Crippen LogP contribution is -2.62. The Labute approximate surface area is 297 Å². The maximum absolute atomic E-state index is 13.9. The van der Waals surface area contributed by atoms with Crippen LogP contribution in [0.2, 0.25) is 0 Å². The lowest BCUT2D eigenvalue weighted by atomic mass is 9.86. The number of rotatable bonds is 11. The first-order chi connectivity index (χ1) is 24.1. The third-order valence-electron chi connectivity index (χ3n) is 9.54. The van der Waals surface area contributed by atoms with E-state index in [1.807, 2.05) is 74.2 Å². The van der Waals surface area contributed by atoms with Crippen LogP contribution < -0.4 is 30.9 Å². The van der Waals surface area contributed by atoms with Crippen LogP contribution in [0.5, 0.6) is 11.5 Å². The number of likely N-dealkylation sites (tertiary alicyclic amines) is 1. The molecule has 12 nitrogen and oxygen atoms in total. The Kier molecular flexibility index (Phi) is 10.8. The molecule has 4 amide bonds. The van der Waals surface area contributed by atoms with Gasteiger partial charge in [0, 0.05) is 55.6 Å². The summed E-state index contributed by atoms with van der Waals surface area (Å²) in [5, 5.41) is 22.9. The van der Waals surface area contributed by atoms with E-state index in [0.29, 0.717) is 62.0 Å². The van der Waals surface area contributed by atoms with Crippen molar-refractivity contribution in [2.75, 3.05) is 44.8 Å². The van der Waals surface area contributed by atoms with Crippen LogP contribution in [0.1, 0.15) is 38.7 Å². The van der Waals surface area contributed by atoms with E-state index >= 15 is 0 Å². The molecule has 3 unspecified atom stereocenters. The second-order valence-electron chi connectivity index (χ2n) is 13.7. The molecule has 4 aliphatic heterocycles. The number of urea groups is 1. The summed E-state index contributed by atoms with van der Waals surface area (Å²) in [6, 6.07) is 16.7. The number of benzene rings is 2. The highest BCUT2D eigenvalue weighted by Crippen LogP contribution is 2.48. The number of para-hydroxylation sites is 1. The molecule has 4 N–H and O–H groups in total. The molecule has 4 atom stereocenters.